The van der Waals surface area contributed by atoms with E-state index in [-0.39, 0.29) is 23.6 Å². The maximum Gasteiger partial charge on any atom is 0.332 e. The van der Waals surface area contributed by atoms with Gasteiger partial charge >= 0.3 is 5.69 Å². The van der Waals surface area contributed by atoms with Crippen molar-refractivity contribution < 1.29 is 14.4 Å². The van der Waals surface area contributed by atoms with E-state index in [1.807, 2.05) is 13.8 Å². The van der Waals surface area contributed by atoms with Crippen molar-refractivity contribution in [1.82, 2.24) is 4.98 Å². The van der Waals surface area contributed by atoms with Crippen LogP contribution in [0.1, 0.15) is 26.7 Å². The Hall–Kier alpha value is -1.85. The van der Waals surface area contributed by atoms with Gasteiger partial charge in [0.05, 0.1) is 23.3 Å². The highest BCUT2D eigenvalue weighted by atomic mass is 16.6. The lowest BCUT2D eigenvalue weighted by atomic mass is 10.3. The molecule has 0 atom stereocenters. The summed E-state index contributed by atoms with van der Waals surface area (Å²) < 4.78 is 11.0. The van der Waals surface area contributed by atoms with Gasteiger partial charge in [0.15, 0.2) is 5.75 Å². The number of ether oxygens (including phenoxy) is 2. The molecule has 1 heterocycles. The average molecular weight is 238 g/mol. The Labute approximate surface area is 98.7 Å². The Bertz CT molecular complexity index is 429. The van der Waals surface area contributed by atoms with E-state index in [4.69, 9.17) is 9.47 Å². The summed E-state index contributed by atoms with van der Waals surface area (Å²) in [4.78, 5) is 14.2. The van der Waals surface area contributed by atoms with Crippen molar-refractivity contribution >= 4 is 5.69 Å². The van der Waals surface area contributed by atoms with Gasteiger partial charge in [0.2, 0.25) is 5.75 Å². The summed E-state index contributed by atoms with van der Waals surface area (Å²) in [6.45, 7) is 3.69. The summed E-state index contributed by atoms with van der Waals surface area (Å²) in [6, 6.07) is 0. The molecule has 1 aliphatic carbocycles. The monoisotopic (exact) mass is 238 g/mol. The summed E-state index contributed by atoms with van der Waals surface area (Å²) in [5.74, 6) is 0.530. The molecule has 1 aromatic rings. The quantitative estimate of drug-likeness (QED) is 0.581. The van der Waals surface area contributed by atoms with Crippen LogP contribution >= 0.6 is 0 Å². The molecule has 0 N–H and O–H groups in total. The molecule has 0 amide bonds. The van der Waals surface area contributed by atoms with Gasteiger partial charge in [0, 0.05) is 0 Å². The van der Waals surface area contributed by atoms with Gasteiger partial charge < -0.3 is 9.47 Å². The van der Waals surface area contributed by atoms with Gasteiger partial charge in [0.1, 0.15) is 6.20 Å². The number of rotatable bonds is 5. The van der Waals surface area contributed by atoms with Crippen LogP contribution < -0.4 is 9.47 Å². The van der Waals surface area contributed by atoms with E-state index in [0.717, 1.165) is 12.8 Å². The van der Waals surface area contributed by atoms with Gasteiger partial charge in [-0.25, -0.2) is 0 Å². The number of pyridine rings is 1. The number of hydrogen-bond donors (Lipinski definition) is 0. The highest BCUT2D eigenvalue weighted by Gasteiger charge is 2.30. The maximum absolute atomic E-state index is 10.9. The molecule has 0 aromatic carbocycles. The van der Waals surface area contributed by atoms with Crippen molar-refractivity contribution in [2.75, 3.05) is 0 Å². The molecule has 92 valence electrons. The minimum Gasteiger partial charge on any atom is -0.485 e. The Morgan fingerprint density at radius 3 is 2.71 bits per heavy atom. The molecule has 1 aromatic heterocycles. The van der Waals surface area contributed by atoms with Crippen LogP contribution in [0.5, 0.6) is 11.5 Å². The predicted molar refractivity (Wildman–Crippen MR) is 60.3 cm³/mol. The van der Waals surface area contributed by atoms with Gasteiger partial charge in [-0.15, -0.1) is 0 Å². The molecule has 2 rings (SSSR count). The zero-order valence-electron chi connectivity index (χ0n) is 9.75. The molecule has 1 aliphatic rings. The lowest BCUT2D eigenvalue weighted by molar-refractivity contribution is -0.386. The van der Waals surface area contributed by atoms with Crippen LogP contribution in [0, 0.1) is 10.1 Å². The number of hydrogen-bond acceptors (Lipinski definition) is 5. The largest absolute Gasteiger partial charge is 0.485 e. The number of aromatic nitrogens is 1. The fourth-order valence-corrected chi connectivity index (χ4v) is 1.36. The van der Waals surface area contributed by atoms with Crippen molar-refractivity contribution in [2.45, 2.75) is 38.9 Å². The topological polar surface area (TPSA) is 74.5 Å². The fraction of sp³-hybridized carbons (Fsp3) is 0.545. The van der Waals surface area contributed by atoms with Crippen molar-refractivity contribution in [2.24, 2.45) is 0 Å². The summed E-state index contributed by atoms with van der Waals surface area (Å²) in [7, 11) is 0. The third kappa shape index (κ3) is 2.83. The van der Waals surface area contributed by atoms with Crippen molar-refractivity contribution in [1.29, 1.82) is 0 Å². The normalized spacial score (nSPS) is 14.8. The molecular formula is C11H14N2O4. The van der Waals surface area contributed by atoms with E-state index in [1.165, 1.54) is 12.4 Å². The second-order valence-electron chi connectivity index (χ2n) is 4.23. The van der Waals surface area contributed by atoms with Gasteiger partial charge in [-0.1, -0.05) is 0 Å². The first-order valence-electron chi connectivity index (χ1n) is 5.53. The van der Waals surface area contributed by atoms with E-state index >= 15 is 0 Å². The summed E-state index contributed by atoms with van der Waals surface area (Å²) in [6.07, 6.45) is 4.49. The molecule has 6 heteroatoms. The summed E-state index contributed by atoms with van der Waals surface area (Å²) >= 11 is 0. The van der Waals surface area contributed by atoms with Crippen LogP contribution in [0.4, 0.5) is 5.69 Å². The SMILES string of the molecule is CC(C)Oc1cncc([N+](=O)[O-])c1OC1CC1. The molecule has 6 nitrogen and oxygen atoms in total. The van der Waals surface area contributed by atoms with E-state index in [0.29, 0.717) is 5.75 Å². The zero-order chi connectivity index (χ0) is 12.4. The zero-order valence-corrected chi connectivity index (χ0v) is 9.75. The first kappa shape index (κ1) is 11.6. The Morgan fingerprint density at radius 1 is 1.47 bits per heavy atom. The van der Waals surface area contributed by atoms with Gasteiger partial charge in [-0.05, 0) is 26.7 Å². The molecule has 1 saturated carbocycles. The van der Waals surface area contributed by atoms with Crippen LogP contribution in [0.25, 0.3) is 0 Å². The lowest BCUT2D eigenvalue weighted by Crippen LogP contribution is -2.09. The maximum atomic E-state index is 10.9. The van der Waals surface area contributed by atoms with E-state index in [9.17, 15) is 10.1 Å². The van der Waals surface area contributed by atoms with Crippen LogP contribution in [-0.4, -0.2) is 22.1 Å². The minimum absolute atomic E-state index is 0.0746. The standard InChI is InChI=1S/C11H14N2O4/c1-7(2)16-10-6-12-5-9(13(14)15)11(10)17-8-3-4-8/h5-8H,3-4H2,1-2H3. The van der Waals surface area contributed by atoms with Crippen LogP contribution in [0.2, 0.25) is 0 Å². The van der Waals surface area contributed by atoms with Crippen molar-refractivity contribution in [3.8, 4) is 11.5 Å². The fourth-order valence-electron chi connectivity index (χ4n) is 1.36. The Balaban J connectivity index is 2.34. The van der Waals surface area contributed by atoms with Gasteiger partial charge in [-0.2, -0.15) is 0 Å². The number of nitrogens with zero attached hydrogens (tertiary/aromatic N) is 2. The lowest BCUT2D eigenvalue weighted by Gasteiger charge is -2.13. The third-order valence-corrected chi connectivity index (χ3v) is 2.21. The van der Waals surface area contributed by atoms with Crippen molar-refractivity contribution in [3.63, 3.8) is 0 Å². The summed E-state index contributed by atoms with van der Waals surface area (Å²) in [5, 5.41) is 10.9. The first-order valence-corrected chi connectivity index (χ1v) is 5.53. The smallest absolute Gasteiger partial charge is 0.332 e. The second-order valence-corrected chi connectivity index (χ2v) is 4.23. The first-order chi connectivity index (χ1) is 8.08. The predicted octanol–water partition coefficient (Wildman–Crippen LogP) is 2.32. The van der Waals surface area contributed by atoms with Crippen LogP contribution in [-0.2, 0) is 0 Å². The van der Waals surface area contributed by atoms with Gasteiger partial charge in [0.25, 0.3) is 0 Å². The minimum atomic E-state index is -0.502. The highest BCUT2D eigenvalue weighted by Crippen LogP contribution is 2.40. The summed E-state index contributed by atoms with van der Waals surface area (Å²) in [5.41, 5.74) is -0.143. The molecule has 17 heavy (non-hydrogen) atoms. The third-order valence-electron chi connectivity index (χ3n) is 2.21. The Kier molecular flexibility index (Phi) is 3.12. The molecule has 0 spiro atoms. The highest BCUT2D eigenvalue weighted by molar-refractivity contribution is 5.53. The van der Waals surface area contributed by atoms with E-state index in [1.54, 1.807) is 0 Å². The average Bonchev–Trinajstić information content (AvgIpc) is 3.03. The van der Waals surface area contributed by atoms with Crippen molar-refractivity contribution in [3.05, 3.63) is 22.5 Å². The molecule has 0 aliphatic heterocycles. The molecular weight excluding hydrogens is 224 g/mol. The molecule has 1 fully saturated rings. The van der Waals surface area contributed by atoms with Crippen LogP contribution in [0.3, 0.4) is 0 Å². The molecule has 0 saturated heterocycles. The van der Waals surface area contributed by atoms with Gasteiger partial charge in [-0.3, -0.25) is 15.1 Å². The van der Waals surface area contributed by atoms with Crippen LogP contribution in [0.15, 0.2) is 12.4 Å². The van der Waals surface area contributed by atoms with E-state index < -0.39 is 4.92 Å². The second kappa shape index (κ2) is 4.57. The Morgan fingerprint density at radius 2 is 2.18 bits per heavy atom. The molecule has 0 bridgehead atoms. The molecule has 0 radical (unpaired) electrons. The van der Waals surface area contributed by atoms with E-state index in [2.05, 4.69) is 4.98 Å². The molecule has 0 unspecified atom stereocenters. The number of nitro groups is 1.